The monoisotopic (exact) mass is 363 g/mol. The first-order valence-corrected chi connectivity index (χ1v) is 9.55. The number of H-pyrrole nitrogens is 2. The quantitative estimate of drug-likeness (QED) is 0.792. The minimum absolute atomic E-state index is 0.00232. The summed E-state index contributed by atoms with van der Waals surface area (Å²) in [7, 11) is 0. The summed E-state index contributed by atoms with van der Waals surface area (Å²) in [5, 5.41) is 0.544. The first kappa shape index (κ1) is 18.1. The number of aryl methyl sites for hydroxylation is 2. The summed E-state index contributed by atoms with van der Waals surface area (Å²) in [4.78, 5) is 29.9. The average molecular weight is 364 g/mol. The first-order chi connectivity index (χ1) is 12.1. The molecule has 136 valence electrons. The van der Waals surface area contributed by atoms with Crippen LogP contribution < -0.4 is 5.56 Å². The SMILES string of the molecule is CCCCc1nc(Cl)c(CN2CCc3nc(CCC)[nH]c(=O)c3C2)[nH]1. The maximum Gasteiger partial charge on any atom is 0.255 e. The Labute approximate surface area is 153 Å². The lowest BCUT2D eigenvalue weighted by Crippen LogP contribution is -2.36. The second-order valence-corrected chi connectivity index (χ2v) is 7.06. The van der Waals surface area contributed by atoms with Crippen LogP contribution in [0.25, 0.3) is 0 Å². The number of aromatic nitrogens is 4. The molecular weight excluding hydrogens is 338 g/mol. The second kappa shape index (κ2) is 8.15. The van der Waals surface area contributed by atoms with E-state index >= 15 is 0 Å². The Morgan fingerprint density at radius 1 is 1.12 bits per heavy atom. The molecule has 0 amide bonds. The van der Waals surface area contributed by atoms with Gasteiger partial charge < -0.3 is 9.97 Å². The molecule has 7 heteroatoms. The molecule has 0 fully saturated rings. The molecule has 0 bridgehead atoms. The molecule has 0 aromatic carbocycles. The molecule has 0 radical (unpaired) electrons. The molecule has 2 N–H and O–H groups in total. The van der Waals surface area contributed by atoms with Crippen molar-refractivity contribution in [3.05, 3.63) is 44.1 Å². The highest BCUT2D eigenvalue weighted by Gasteiger charge is 2.22. The van der Waals surface area contributed by atoms with Crippen LogP contribution in [0.2, 0.25) is 5.15 Å². The van der Waals surface area contributed by atoms with E-state index in [9.17, 15) is 4.79 Å². The molecule has 1 aliphatic heterocycles. The zero-order valence-electron chi connectivity index (χ0n) is 15.0. The van der Waals surface area contributed by atoms with Gasteiger partial charge in [0.2, 0.25) is 0 Å². The van der Waals surface area contributed by atoms with Crippen molar-refractivity contribution in [1.29, 1.82) is 0 Å². The lowest BCUT2D eigenvalue weighted by Gasteiger charge is -2.27. The van der Waals surface area contributed by atoms with Crippen LogP contribution in [-0.4, -0.2) is 31.4 Å². The van der Waals surface area contributed by atoms with Crippen molar-refractivity contribution in [2.75, 3.05) is 6.54 Å². The van der Waals surface area contributed by atoms with E-state index in [4.69, 9.17) is 11.6 Å². The van der Waals surface area contributed by atoms with E-state index in [2.05, 4.69) is 38.7 Å². The number of halogens is 1. The Hall–Kier alpha value is -1.66. The third kappa shape index (κ3) is 4.30. The van der Waals surface area contributed by atoms with Crippen LogP contribution in [0.3, 0.4) is 0 Å². The van der Waals surface area contributed by atoms with Crippen LogP contribution in [0.1, 0.15) is 61.7 Å². The van der Waals surface area contributed by atoms with Gasteiger partial charge in [-0.25, -0.2) is 9.97 Å². The predicted molar refractivity (Wildman–Crippen MR) is 98.9 cm³/mol. The van der Waals surface area contributed by atoms with Gasteiger partial charge in [0.25, 0.3) is 5.56 Å². The maximum atomic E-state index is 12.4. The molecule has 25 heavy (non-hydrogen) atoms. The fourth-order valence-electron chi connectivity index (χ4n) is 3.25. The normalized spacial score (nSPS) is 14.7. The second-order valence-electron chi connectivity index (χ2n) is 6.70. The zero-order valence-corrected chi connectivity index (χ0v) is 15.7. The molecule has 2 aromatic rings. The van der Waals surface area contributed by atoms with Crippen molar-refractivity contribution in [2.24, 2.45) is 0 Å². The Morgan fingerprint density at radius 3 is 2.68 bits per heavy atom. The van der Waals surface area contributed by atoms with Gasteiger partial charge in [0.05, 0.1) is 17.0 Å². The summed E-state index contributed by atoms with van der Waals surface area (Å²) in [5.74, 6) is 1.75. The highest BCUT2D eigenvalue weighted by molar-refractivity contribution is 6.30. The third-order valence-electron chi connectivity index (χ3n) is 4.61. The fourth-order valence-corrected chi connectivity index (χ4v) is 3.46. The van der Waals surface area contributed by atoms with E-state index in [1.165, 1.54) is 0 Å². The first-order valence-electron chi connectivity index (χ1n) is 9.17. The number of nitrogens with one attached hydrogen (secondary N) is 2. The van der Waals surface area contributed by atoms with Gasteiger partial charge in [0.1, 0.15) is 11.6 Å². The molecule has 2 aromatic heterocycles. The van der Waals surface area contributed by atoms with E-state index in [0.29, 0.717) is 18.2 Å². The summed E-state index contributed by atoms with van der Waals surface area (Å²) in [6.45, 7) is 6.39. The Morgan fingerprint density at radius 2 is 1.92 bits per heavy atom. The van der Waals surface area contributed by atoms with Crippen molar-refractivity contribution < 1.29 is 0 Å². The van der Waals surface area contributed by atoms with Crippen molar-refractivity contribution >= 4 is 11.6 Å². The summed E-state index contributed by atoms with van der Waals surface area (Å²) in [6.07, 6.45) is 5.74. The number of rotatable bonds is 7. The van der Waals surface area contributed by atoms with Crippen LogP contribution in [0, 0.1) is 0 Å². The largest absolute Gasteiger partial charge is 0.344 e. The minimum atomic E-state index is -0.00232. The molecular formula is C18H26ClN5O. The van der Waals surface area contributed by atoms with E-state index in [1.807, 2.05) is 0 Å². The van der Waals surface area contributed by atoms with Gasteiger partial charge in [-0.1, -0.05) is 31.9 Å². The average Bonchev–Trinajstić information content (AvgIpc) is 2.93. The van der Waals surface area contributed by atoms with Crippen molar-refractivity contribution in [3.8, 4) is 0 Å². The van der Waals surface area contributed by atoms with Gasteiger partial charge in [-0.3, -0.25) is 9.69 Å². The highest BCUT2D eigenvalue weighted by atomic mass is 35.5. The Kier molecular flexibility index (Phi) is 5.91. The molecule has 6 nitrogen and oxygen atoms in total. The summed E-state index contributed by atoms with van der Waals surface area (Å²) >= 11 is 6.28. The smallest absolute Gasteiger partial charge is 0.255 e. The maximum absolute atomic E-state index is 12.4. The van der Waals surface area contributed by atoms with Crippen molar-refractivity contribution in [3.63, 3.8) is 0 Å². The van der Waals surface area contributed by atoms with Crippen LogP contribution in [-0.2, 0) is 32.4 Å². The molecule has 0 saturated carbocycles. The molecule has 1 aliphatic rings. The summed E-state index contributed by atoms with van der Waals surface area (Å²) < 4.78 is 0. The van der Waals surface area contributed by atoms with E-state index in [0.717, 1.165) is 73.7 Å². The summed E-state index contributed by atoms with van der Waals surface area (Å²) in [6, 6.07) is 0. The molecule has 0 spiro atoms. The topological polar surface area (TPSA) is 77.7 Å². The van der Waals surface area contributed by atoms with Crippen molar-refractivity contribution in [2.45, 2.75) is 65.5 Å². The number of aromatic amines is 2. The van der Waals surface area contributed by atoms with Gasteiger partial charge in [0, 0.05) is 38.9 Å². The Bertz CT molecular complexity index is 782. The van der Waals surface area contributed by atoms with E-state index in [-0.39, 0.29) is 5.56 Å². The third-order valence-corrected chi connectivity index (χ3v) is 4.92. The van der Waals surface area contributed by atoms with Crippen LogP contribution >= 0.6 is 11.6 Å². The highest BCUT2D eigenvalue weighted by Crippen LogP contribution is 2.20. The number of imidazole rings is 1. The minimum Gasteiger partial charge on any atom is -0.344 e. The molecule has 3 rings (SSSR count). The summed E-state index contributed by atoms with van der Waals surface area (Å²) in [5.41, 5.74) is 2.66. The van der Waals surface area contributed by atoms with Crippen molar-refractivity contribution in [1.82, 2.24) is 24.8 Å². The number of fused-ring (bicyclic) bond motifs is 1. The van der Waals surface area contributed by atoms with Gasteiger partial charge in [0.15, 0.2) is 5.15 Å². The predicted octanol–water partition coefficient (Wildman–Crippen LogP) is 3.00. The van der Waals surface area contributed by atoms with E-state index < -0.39 is 0 Å². The molecule has 0 unspecified atom stereocenters. The molecule has 0 saturated heterocycles. The standard InChI is InChI=1S/C18H26ClN5O/c1-3-5-7-16-21-14(17(19)22-16)11-24-9-8-13-12(10-24)18(25)23-15(20-13)6-4-2/h3-11H2,1-2H3,(H,21,22)(H,20,23,25). The van der Waals surface area contributed by atoms with Crippen LogP contribution in [0.4, 0.5) is 0 Å². The van der Waals surface area contributed by atoms with Gasteiger partial charge in [-0.2, -0.15) is 0 Å². The van der Waals surface area contributed by atoms with Gasteiger partial charge in [-0.15, -0.1) is 0 Å². The number of unbranched alkanes of at least 4 members (excludes halogenated alkanes) is 1. The molecule has 0 atom stereocenters. The number of hydrogen-bond acceptors (Lipinski definition) is 4. The number of nitrogens with zero attached hydrogens (tertiary/aromatic N) is 3. The number of hydrogen-bond donors (Lipinski definition) is 2. The van der Waals surface area contributed by atoms with Gasteiger partial charge >= 0.3 is 0 Å². The molecule has 0 aliphatic carbocycles. The van der Waals surface area contributed by atoms with E-state index in [1.54, 1.807) is 0 Å². The molecule has 3 heterocycles. The fraction of sp³-hybridized carbons (Fsp3) is 0.611. The zero-order chi connectivity index (χ0) is 17.8. The van der Waals surface area contributed by atoms with Crippen LogP contribution in [0.5, 0.6) is 0 Å². The lowest BCUT2D eigenvalue weighted by atomic mass is 10.1. The lowest BCUT2D eigenvalue weighted by molar-refractivity contribution is 0.239. The Balaban J connectivity index is 1.71. The van der Waals surface area contributed by atoms with Gasteiger partial charge in [-0.05, 0) is 12.8 Å². The van der Waals surface area contributed by atoms with Crippen LogP contribution in [0.15, 0.2) is 4.79 Å².